The van der Waals surface area contributed by atoms with Gasteiger partial charge in [-0.15, -0.1) is 0 Å². The first-order valence-corrected chi connectivity index (χ1v) is 16.9. The lowest BCUT2D eigenvalue weighted by Gasteiger charge is -2.46. The zero-order valence-corrected chi connectivity index (χ0v) is 28.1. The Bertz CT molecular complexity index is 1780. The van der Waals surface area contributed by atoms with Gasteiger partial charge >= 0.3 is 6.09 Å². The predicted octanol–water partition coefficient (Wildman–Crippen LogP) is 7.48. The number of carbonyl (C=O) groups excluding carboxylic acids is 2. The molecule has 3 fully saturated rings. The molecule has 3 aliphatic heterocycles. The number of piperidine rings is 1. The average molecular weight is 732 g/mol. The zero-order valence-electron chi connectivity index (χ0n) is 25.9. The highest BCUT2D eigenvalue weighted by Crippen LogP contribution is 2.57. The maximum Gasteiger partial charge on any atom is 0.411 e. The number of nitrogens with zero attached hydrogens (tertiary/aromatic N) is 1. The zero-order chi connectivity index (χ0) is 32.0. The molecule has 2 amide bonds. The lowest BCUT2D eigenvalue weighted by Crippen LogP contribution is -2.56. The fourth-order valence-electron chi connectivity index (χ4n) is 7.30. The number of ether oxygens (including phenoxy) is 2. The lowest BCUT2D eigenvalue weighted by atomic mass is 9.77. The van der Waals surface area contributed by atoms with Crippen molar-refractivity contribution in [3.05, 3.63) is 96.1 Å². The molecule has 7 rings (SSSR count). The third-order valence-corrected chi connectivity index (χ3v) is 10.8. The first kappa shape index (κ1) is 31.1. The Kier molecular flexibility index (Phi) is 8.52. The Morgan fingerprint density at radius 3 is 2.52 bits per heavy atom. The van der Waals surface area contributed by atoms with Crippen LogP contribution in [0.1, 0.15) is 44.2 Å². The van der Waals surface area contributed by atoms with Gasteiger partial charge in [0.1, 0.15) is 18.3 Å². The van der Waals surface area contributed by atoms with E-state index in [0.29, 0.717) is 31.0 Å². The molecule has 2 bridgehead atoms. The molecule has 4 aromatic carbocycles. The van der Waals surface area contributed by atoms with E-state index in [4.69, 9.17) is 9.47 Å². The van der Waals surface area contributed by atoms with Crippen LogP contribution in [-0.2, 0) is 27.3 Å². The van der Waals surface area contributed by atoms with Gasteiger partial charge in [-0.3, -0.25) is 10.1 Å². The van der Waals surface area contributed by atoms with Crippen molar-refractivity contribution in [3.8, 4) is 11.1 Å². The van der Waals surface area contributed by atoms with Crippen LogP contribution in [0.5, 0.6) is 0 Å². The molecule has 46 heavy (non-hydrogen) atoms. The van der Waals surface area contributed by atoms with Crippen LogP contribution in [0.25, 0.3) is 21.9 Å². The number of morpholine rings is 1. The summed E-state index contributed by atoms with van der Waals surface area (Å²) in [6.07, 6.45) is 2.12. The normalized spacial score (nSPS) is 24.3. The van der Waals surface area contributed by atoms with Gasteiger partial charge in [-0.1, -0.05) is 74.5 Å². The van der Waals surface area contributed by atoms with Crippen molar-refractivity contribution in [2.45, 2.75) is 76.5 Å². The molecule has 0 aromatic heterocycles. The summed E-state index contributed by atoms with van der Waals surface area (Å²) in [5.41, 5.74) is 5.19. The minimum atomic E-state index is -0.468. The first-order chi connectivity index (χ1) is 22.2. The number of epoxide rings is 1. The van der Waals surface area contributed by atoms with Crippen LogP contribution in [0, 0.1) is 5.41 Å². The summed E-state index contributed by atoms with van der Waals surface area (Å²) >= 11 is 2.38. The number of hydrogen-bond acceptors (Lipinski definition) is 6. The van der Waals surface area contributed by atoms with Crippen molar-refractivity contribution < 1.29 is 24.2 Å². The van der Waals surface area contributed by atoms with Crippen molar-refractivity contribution >= 4 is 57.0 Å². The number of aliphatic hydroxyl groups is 1. The number of aliphatic hydroxyl groups excluding tert-OH is 1. The third kappa shape index (κ3) is 6.25. The van der Waals surface area contributed by atoms with Crippen molar-refractivity contribution in [1.82, 2.24) is 3.11 Å². The molecule has 238 valence electrons. The smallest absolute Gasteiger partial charge is 0.411 e. The summed E-state index contributed by atoms with van der Waals surface area (Å²) in [5.74, 6) is -0.0510. The highest BCUT2D eigenvalue weighted by molar-refractivity contribution is 14.1. The van der Waals surface area contributed by atoms with Crippen LogP contribution in [0.3, 0.4) is 0 Å². The van der Waals surface area contributed by atoms with Gasteiger partial charge in [0.2, 0.25) is 5.91 Å². The molecular formula is C37H38IN3O5. The van der Waals surface area contributed by atoms with Gasteiger partial charge in [0.05, 0.1) is 24.4 Å². The van der Waals surface area contributed by atoms with E-state index in [1.165, 1.54) is 0 Å². The molecule has 3 N–H and O–H groups in total. The Morgan fingerprint density at radius 1 is 0.957 bits per heavy atom. The number of nitrogens with one attached hydrogen (secondary N) is 2. The molecule has 3 aliphatic rings. The van der Waals surface area contributed by atoms with E-state index in [0.717, 1.165) is 45.1 Å². The number of anilines is 2. The molecular weight excluding hydrogens is 693 g/mol. The van der Waals surface area contributed by atoms with Gasteiger partial charge in [-0.2, -0.15) is 0 Å². The van der Waals surface area contributed by atoms with Crippen LogP contribution in [0.2, 0.25) is 0 Å². The van der Waals surface area contributed by atoms with E-state index in [2.05, 4.69) is 56.5 Å². The molecule has 0 saturated carbocycles. The van der Waals surface area contributed by atoms with Crippen LogP contribution < -0.4 is 10.6 Å². The first-order valence-electron chi connectivity index (χ1n) is 15.9. The number of benzene rings is 4. The topological polar surface area (TPSA) is 103 Å². The number of hydrogen-bond donors (Lipinski definition) is 3. The second-order valence-electron chi connectivity index (χ2n) is 13.3. The highest BCUT2D eigenvalue weighted by Gasteiger charge is 2.70. The molecule has 0 spiro atoms. The third-order valence-electron chi connectivity index (χ3n) is 9.57. The SMILES string of the molecule is CC1(C)CC(OC(=O)Nc2cc(CCCC(=O)Nc3ccc4cc(CO)ccc4c3)ccc2-c2ccccc2)C2C3OC3C1N2I. The minimum Gasteiger partial charge on any atom is -0.444 e. The minimum absolute atomic E-state index is 0.00109. The molecule has 8 nitrogen and oxygen atoms in total. The second kappa shape index (κ2) is 12.6. The largest absolute Gasteiger partial charge is 0.444 e. The maximum atomic E-state index is 13.4. The standard InChI is InChI=1S/C37H38IN3O5/c1-37(2)20-30(32-33-34(46-33)35(37)41(32)38)45-36(44)40-29-18-22(12-16-28(29)24-8-4-3-5-9-24)7-6-10-31(43)39-27-15-14-25-17-23(21-42)11-13-26(25)19-27/h3-5,8-9,11-19,30,32-35,42H,6-7,10,20-21H2,1-2H3,(H,39,43)(H,40,44). The van der Waals surface area contributed by atoms with Gasteiger partial charge < -0.3 is 19.9 Å². The van der Waals surface area contributed by atoms with Gasteiger partial charge in [-0.25, -0.2) is 7.91 Å². The predicted molar refractivity (Wildman–Crippen MR) is 188 cm³/mol. The fourth-order valence-corrected chi connectivity index (χ4v) is 9.04. The quantitative estimate of drug-likeness (QED) is 0.0938. The van der Waals surface area contributed by atoms with Gasteiger partial charge in [-0.05, 0) is 76.4 Å². The summed E-state index contributed by atoms with van der Waals surface area (Å²) in [7, 11) is 0. The Balaban J connectivity index is 1.01. The molecule has 9 heteroatoms. The van der Waals surface area contributed by atoms with Crippen molar-refractivity contribution in [1.29, 1.82) is 0 Å². The van der Waals surface area contributed by atoms with E-state index in [-0.39, 0.29) is 42.3 Å². The summed E-state index contributed by atoms with van der Waals surface area (Å²) in [6.45, 7) is 4.45. The molecule has 4 aromatic rings. The molecule has 3 saturated heterocycles. The Labute approximate surface area is 283 Å². The second-order valence-corrected chi connectivity index (χ2v) is 14.4. The molecule has 5 atom stereocenters. The fraction of sp³-hybridized carbons (Fsp3) is 0.351. The van der Waals surface area contributed by atoms with E-state index in [9.17, 15) is 14.7 Å². The molecule has 0 radical (unpaired) electrons. The Morgan fingerprint density at radius 2 is 1.72 bits per heavy atom. The van der Waals surface area contributed by atoms with Crippen LogP contribution >= 0.6 is 22.9 Å². The number of amides is 2. The van der Waals surface area contributed by atoms with E-state index < -0.39 is 6.09 Å². The van der Waals surface area contributed by atoms with Gasteiger partial charge in [0.25, 0.3) is 0 Å². The number of halogens is 1. The molecule has 0 aliphatic carbocycles. The average Bonchev–Trinajstić information content (AvgIpc) is 3.74. The summed E-state index contributed by atoms with van der Waals surface area (Å²) < 4.78 is 14.4. The highest BCUT2D eigenvalue weighted by atomic mass is 127. The van der Waals surface area contributed by atoms with Crippen molar-refractivity contribution in [2.24, 2.45) is 5.41 Å². The summed E-state index contributed by atoms with van der Waals surface area (Å²) in [6, 6.07) is 28.0. The Hall–Kier alpha value is -3.51. The van der Waals surface area contributed by atoms with Crippen molar-refractivity contribution in [3.63, 3.8) is 0 Å². The van der Waals surface area contributed by atoms with Crippen LogP contribution in [0.15, 0.2) is 84.9 Å². The van der Waals surface area contributed by atoms with E-state index in [1.807, 2.05) is 78.9 Å². The maximum absolute atomic E-state index is 13.4. The summed E-state index contributed by atoms with van der Waals surface area (Å²) in [4.78, 5) is 26.2. The molecule has 3 heterocycles. The number of carbonyl (C=O) groups is 2. The van der Waals surface area contributed by atoms with E-state index >= 15 is 0 Å². The number of aryl methyl sites for hydroxylation is 1. The van der Waals surface area contributed by atoms with Crippen LogP contribution in [-0.4, -0.2) is 50.6 Å². The monoisotopic (exact) mass is 731 g/mol. The molecule has 5 unspecified atom stereocenters. The van der Waals surface area contributed by atoms with Gasteiger partial charge in [0.15, 0.2) is 0 Å². The van der Waals surface area contributed by atoms with E-state index in [1.54, 1.807) is 0 Å². The summed E-state index contributed by atoms with van der Waals surface area (Å²) in [5, 5.41) is 17.5. The number of rotatable bonds is 9. The number of fused-ring (bicyclic) bond motifs is 6. The van der Waals surface area contributed by atoms with Crippen LogP contribution in [0.4, 0.5) is 16.2 Å². The lowest BCUT2D eigenvalue weighted by molar-refractivity contribution is -0.116. The van der Waals surface area contributed by atoms with Gasteiger partial charge in [0, 0.05) is 40.5 Å². The van der Waals surface area contributed by atoms with Crippen molar-refractivity contribution in [2.75, 3.05) is 10.6 Å².